The lowest BCUT2D eigenvalue weighted by Gasteiger charge is -2.31. The van der Waals surface area contributed by atoms with Crippen molar-refractivity contribution in [3.63, 3.8) is 0 Å². The number of nitrogens with zero attached hydrogens (tertiary/aromatic N) is 2. The van der Waals surface area contributed by atoms with E-state index in [4.69, 9.17) is 0 Å². The number of nitrogens with one attached hydrogen (secondary N) is 2. The van der Waals surface area contributed by atoms with Gasteiger partial charge in [-0.3, -0.25) is 4.79 Å². The molecule has 2 aromatic carbocycles. The summed E-state index contributed by atoms with van der Waals surface area (Å²) in [5.74, 6) is -0.474. The summed E-state index contributed by atoms with van der Waals surface area (Å²) in [6.07, 6.45) is 1.15. The largest absolute Gasteiger partial charge is 0.377 e. The number of rotatable bonds is 8. The first-order valence-corrected chi connectivity index (χ1v) is 10.2. The molecule has 30 heavy (non-hydrogen) atoms. The molecule has 6 nitrogen and oxygen atoms in total. The number of urea groups is 1. The monoisotopic (exact) mass is 414 g/mol. The van der Waals surface area contributed by atoms with Crippen LogP contribution in [0.15, 0.2) is 42.5 Å². The maximum atomic E-state index is 13.5. The topological polar surface area (TPSA) is 64.7 Å². The summed E-state index contributed by atoms with van der Waals surface area (Å²) in [5, 5.41) is 5.66. The molecule has 7 heteroatoms. The molecule has 162 valence electrons. The average molecular weight is 415 g/mol. The van der Waals surface area contributed by atoms with Crippen LogP contribution < -0.4 is 15.5 Å². The van der Waals surface area contributed by atoms with Crippen LogP contribution in [-0.4, -0.2) is 37.0 Å². The molecule has 0 aliphatic carbocycles. The molecule has 2 rings (SSSR count). The summed E-state index contributed by atoms with van der Waals surface area (Å²) in [5.41, 5.74) is 2.96. The number of carbonyl (C=O) groups is 2. The third-order valence-electron chi connectivity index (χ3n) is 4.97. The molecule has 0 bridgehead atoms. The second-order valence-electron chi connectivity index (χ2n) is 7.47. The molecule has 0 fully saturated rings. The van der Waals surface area contributed by atoms with Crippen LogP contribution in [0.3, 0.4) is 0 Å². The molecular formula is C23H31FN4O2. The Kier molecular flexibility index (Phi) is 8.21. The highest BCUT2D eigenvalue weighted by Crippen LogP contribution is 2.26. The minimum atomic E-state index is -0.405. The minimum Gasteiger partial charge on any atom is -0.377 e. The molecule has 0 saturated carbocycles. The average Bonchev–Trinajstić information content (AvgIpc) is 2.71. The number of amides is 3. The van der Waals surface area contributed by atoms with Crippen molar-refractivity contribution in [2.75, 3.05) is 29.6 Å². The molecular weight excluding hydrogens is 383 g/mol. The molecule has 0 spiro atoms. The zero-order valence-electron chi connectivity index (χ0n) is 18.3. The van der Waals surface area contributed by atoms with Crippen molar-refractivity contribution in [2.24, 2.45) is 0 Å². The van der Waals surface area contributed by atoms with Gasteiger partial charge in [-0.1, -0.05) is 19.9 Å². The van der Waals surface area contributed by atoms with E-state index in [-0.39, 0.29) is 18.0 Å². The van der Waals surface area contributed by atoms with Crippen molar-refractivity contribution in [1.82, 2.24) is 4.90 Å². The smallest absolute Gasteiger partial charge is 0.322 e. The van der Waals surface area contributed by atoms with Gasteiger partial charge in [0.25, 0.3) is 0 Å². The van der Waals surface area contributed by atoms with E-state index in [1.165, 1.54) is 12.1 Å². The van der Waals surface area contributed by atoms with E-state index < -0.39 is 5.82 Å². The first-order valence-electron chi connectivity index (χ1n) is 10.2. The first-order chi connectivity index (χ1) is 14.2. The fourth-order valence-electron chi connectivity index (χ4n) is 3.07. The Morgan fingerprint density at radius 3 is 2.33 bits per heavy atom. The Balaban J connectivity index is 2.33. The number of carbonyl (C=O) groups excluding carboxylic acids is 2. The Bertz CT molecular complexity index is 885. The number of anilines is 3. The predicted molar refractivity (Wildman–Crippen MR) is 120 cm³/mol. The van der Waals surface area contributed by atoms with E-state index in [1.54, 1.807) is 24.0 Å². The van der Waals surface area contributed by atoms with Crippen molar-refractivity contribution in [2.45, 2.75) is 46.2 Å². The highest BCUT2D eigenvalue weighted by atomic mass is 19.1. The van der Waals surface area contributed by atoms with Gasteiger partial charge in [0.05, 0.1) is 0 Å². The maximum Gasteiger partial charge on any atom is 0.322 e. The molecule has 0 aromatic heterocycles. The molecule has 0 radical (unpaired) electrons. The summed E-state index contributed by atoms with van der Waals surface area (Å²) >= 11 is 0. The zero-order valence-corrected chi connectivity index (χ0v) is 18.3. The van der Waals surface area contributed by atoms with E-state index in [0.29, 0.717) is 24.3 Å². The van der Waals surface area contributed by atoms with Crippen molar-refractivity contribution in [3.8, 4) is 0 Å². The zero-order chi connectivity index (χ0) is 22.3. The van der Waals surface area contributed by atoms with Gasteiger partial charge >= 0.3 is 6.03 Å². The van der Waals surface area contributed by atoms with Crippen LogP contribution in [0.2, 0.25) is 0 Å². The van der Waals surface area contributed by atoms with E-state index in [2.05, 4.69) is 10.6 Å². The summed E-state index contributed by atoms with van der Waals surface area (Å²) < 4.78 is 13.5. The highest BCUT2D eigenvalue weighted by molar-refractivity contribution is 5.91. The lowest BCUT2D eigenvalue weighted by atomic mass is 10.1. The van der Waals surface area contributed by atoms with Crippen LogP contribution in [0.5, 0.6) is 0 Å². The van der Waals surface area contributed by atoms with Crippen molar-refractivity contribution in [3.05, 3.63) is 53.8 Å². The standard InChI is InChI=1S/C23H31FN4O2/c1-6-16(3)28(23(30)26-19-10-8-9-18(24)14-19)15-17-13-20(25-22(29)7-2)11-12-21(17)27(4)5/h8-14,16H,6-7,15H2,1-5H3,(H,25,29)(H,26,30)/t16-/m1/s1. The number of hydrogen-bond donors (Lipinski definition) is 2. The third kappa shape index (κ3) is 6.20. The van der Waals surface area contributed by atoms with Gasteiger partial charge < -0.3 is 20.4 Å². The number of hydrogen-bond acceptors (Lipinski definition) is 3. The van der Waals surface area contributed by atoms with Crippen molar-refractivity contribution < 1.29 is 14.0 Å². The van der Waals surface area contributed by atoms with Gasteiger partial charge in [-0.05, 0) is 55.3 Å². The Hall–Kier alpha value is -3.09. The van der Waals surface area contributed by atoms with E-state index in [0.717, 1.165) is 17.7 Å². The predicted octanol–water partition coefficient (Wildman–Crippen LogP) is 5.07. The highest BCUT2D eigenvalue weighted by Gasteiger charge is 2.21. The minimum absolute atomic E-state index is 0.0394. The molecule has 3 amide bonds. The Morgan fingerprint density at radius 2 is 1.73 bits per heavy atom. The van der Waals surface area contributed by atoms with Crippen LogP contribution in [0.25, 0.3) is 0 Å². The lowest BCUT2D eigenvalue weighted by molar-refractivity contribution is -0.115. The maximum absolute atomic E-state index is 13.5. The second kappa shape index (κ2) is 10.6. The van der Waals surface area contributed by atoms with Gasteiger partial charge in [-0.25, -0.2) is 9.18 Å². The van der Waals surface area contributed by atoms with Gasteiger partial charge in [-0.2, -0.15) is 0 Å². The summed E-state index contributed by atoms with van der Waals surface area (Å²) in [4.78, 5) is 28.5. The molecule has 2 aromatic rings. The first kappa shape index (κ1) is 23.2. The summed E-state index contributed by atoms with van der Waals surface area (Å²) in [7, 11) is 3.87. The lowest BCUT2D eigenvalue weighted by Crippen LogP contribution is -2.41. The van der Waals surface area contributed by atoms with Crippen LogP contribution in [0, 0.1) is 5.82 Å². The van der Waals surface area contributed by atoms with Crippen LogP contribution in [-0.2, 0) is 11.3 Å². The van der Waals surface area contributed by atoms with Gasteiger partial charge in [-0.15, -0.1) is 0 Å². The van der Waals surface area contributed by atoms with E-state index in [1.807, 2.05) is 51.0 Å². The van der Waals surface area contributed by atoms with Gasteiger partial charge in [0, 0.05) is 50.2 Å². The molecule has 0 aliphatic rings. The molecule has 2 N–H and O–H groups in total. The van der Waals surface area contributed by atoms with Crippen molar-refractivity contribution >= 4 is 29.0 Å². The van der Waals surface area contributed by atoms with Crippen molar-refractivity contribution in [1.29, 1.82) is 0 Å². The SMILES string of the molecule is CCC(=O)Nc1ccc(N(C)C)c(CN(C(=O)Nc2cccc(F)c2)[C@H](C)CC)c1. The van der Waals surface area contributed by atoms with E-state index in [9.17, 15) is 14.0 Å². The Morgan fingerprint density at radius 1 is 1.03 bits per heavy atom. The van der Waals surface area contributed by atoms with Crippen LogP contribution in [0.4, 0.5) is 26.2 Å². The second-order valence-corrected chi connectivity index (χ2v) is 7.47. The molecule has 0 saturated heterocycles. The number of benzene rings is 2. The third-order valence-corrected chi connectivity index (χ3v) is 4.97. The summed E-state index contributed by atoms with van der Waals surface area (Å²) in [6.45, 7) is 6.13. The molecule has 0 aliphatic heterocycles. The fraction of sp³-hybridized carbons (Fsp3) is 0.391. The fourth-order valence-corrected chi connectivity index (χ4v) is 3.07. The Labute approximate surface area is 178 Å². The quantitative estimate of drug-likeness (QED) is 0.634. The number of halogens is 1. The molecule has 1 atom stereocenters. The normalized spacial score (nSPS) is 11.5. The van der Waals surface area contributed by atoms with Gasteiger partial charge in [0.2, 0.25) is 5.91 Å². The van der Waals surface area contributed by atoms with Gasteiger partial charge in [0.15, 0.2) is 0 Å². The van der Waals surface area contributed by atoms with Crippen LogP contribution >= 0.6 is 0 Å². The molecule has 0 heterocycles. The molecule has 0 unspecified atom stereocenters. The van der Waals surface area contributed by atoms with Gasteiger partial charge in [0.1, 0.15) is 5.82 Å². The van der Waals surface area contributed by atoms with E-state index >= 15 is 0 Å². The van der Waals surface area contributed by atoms with Crippen LogP contribution in [0.1, 0.15) is 39.2 Å². The summed E-state index contributed by atoms with van der Waals surface area (Å²) in [6, 6.07) is 11.2.